The Kier molecular flexibility index (Phi) is 5.43. The highest BCUT2D eigenvalue weighted by Gasteiger charge is 2.48. The largest absolute Gasteiger partial charge is 0.377 e. The summed E-state index contributed by atoms with van der Waals surface area (Å²) in [5.74, 6) is 0. The predicted octanol–water partition coefficient (Wildman–Crippen LogP) is 0.867. The van der Waals surface area contributed by atoms with Gasteiger partial charge in [0.1, 0.15) is 0 Å². The van der Waals surface area contributed by atoms with E-state index in [1.807, 2.05) is 0 Å². The van der Waals surface area contributed by atoms with Gasteiger partial charge in [-0.1, -0.05) is 6.08 Å². The van der Waals surface area contributed by atoms with Crippen molar-refractivity contribution in [2.24, 2.45) is 5.41 Å². The standard InChI is InChI=1S/C14H26N2O4S/c1-4-9-19-12-14-7-5-10-20-13(14)6-8-16(11-14)21(17,18)15(2)3/h4,13H,1,5-12H2,2-3H3/t13-,14+/m0/s1. The van der Waals surface area contributed by atoms with Crippen LogP contribution in [-0.2, 0) is 19.7 Å². The molecule has 2 saturated heterocycles. The second kappa shape index (κ2) is 6.75. The molecular weight excluding hydrogens is 292 g/mol. The summed E-state index contributed by atoms with van der Waals surface area (Å²) in [5.41, 5.74) is -0.234. The maximum Gasteiger partial charge on any atom is 0.281 e. The molecule has 0 aromatic heterocycles. The number of rotatable bonds is 6. The summed E-state index contributed by atoms with van der Waals surface area (Å²) in [6.45, 7) is 6.39. The lowest BCUT2D eigenvalue weighted by Crippen LogP contribution is -2.59. The molecule has 0 spiro atoms. The number of nitrogens with zero attached hydrogens (tertiary/aromatic N) is 2. The van der Waals surface area contributed by atoms with Crippen LogP contribution < -0.4 is 0 Å². The van der Waals surface area contributed by atoms with Gasteiger partial charge in [0.2, 0.25) is 0 Å². The Morgan fingerprint density at radius 2 is 2.29 bits per heavy atom. The smallest absolute Gasteiger partial charge is 0.281 e. The van der Waals surface area contributed by atoms with E-state index in [4.69, 9.17) is 9.47 Å². The second-order valence-corrected chi connectivity index (χ2v) is 8.18. The van der Waals surface area contributed by atoms with Crippen LogP contribution in [0.3, 0.4) is 0 Å². The SMILES string of the molecule is C=CCOC[C@]12CCCO[C@H]1CCN(S(=O)(=O)N(C)C)C2. The summed E-state index contributed by atoms with van der Waals surface area (Å²) in [4.78, 5) is 0. The van der Waals surface area contributed by atoms with Gasteiger partial charge >= 0.3 is 0 Å². The first kappa shape index (κ1) is 16.9. The molecule has 0 bridgehead atoms. The third-order valence-electron chi connectivity index (χ3n) is 4.37. The first-order valence-electron chi connectivity index (χ1n) is 7.40. The van der Waals surface area contributed by atoms with Crippen molar-refractivity contribution in [1.29, 1.82) is 0 Å². The van der Waals surface area contributed by atoms with E-state index in [2.05, 4.69) is 6.58 Å². The van der Waals surface area contributed by atoms with Gasteiger partial charge < -0.3 is 9.47 Å². The summed E-state index contributed by atoms with van der Waals surface area (Å²) in [7, 11) is -0.246. The summed E-state index contributed by atoms with van der Waals surface area (Å²) in [6.07, 6.45) is 4.42. The molecule has 0 aromatic rings. The minimum atomic E-state index is -3.38. The van der Waals surface area contributed by atoms with Crippen molar-refractivity contribution in [3.8, 4) is 0 Å². The molecule has 7 heteroatoms. The lowest BCUT2D eigenvalue weighted by molar-refractivity contribution is -0.140. The third-order valence-corrected chi connectivity index (χ3v) is 6.25. The van der Waals surface area contributed by atoms with Crippen molar-refractivity contribution >= 4 is 10.2 Å². The van der Waals surface area contributed by atoms with Gasteiger partial charge in [-0.15, -0.1) is 6.58 Å². The highest BCUT2D eigenvalue weighted by Crippen LogP contribution is 2.41. The van der Waals surface area contributed by atoms with Crippen LogP contribution in [0.15, 0.2) is 12.7 Å². The maximum absolute atomic E-state index is 12.4. The fraction of sp³-hybridized carbons (Fsp3) is 0.857. The van der Waals surface area contributed by atoms with Crippen LogP contribution in [0.5, 0.6) is 0 Å². The molecule has 0 saturated carbocycles. The molecular formula is C14H26N2O4S. The molecule has 2 aliphatic rings. The van der Waals surface area contributed by atoms with E-state index in [1.54, 1.807) is 24.5 Å². The Labute approximate surface area is 127 Å². The van der Waals surface area contributed by atoms with Gasteiger partial charge in [0.05, 0.1) is 19.3 Å². The van der Waals surface area contributed by atoms with Crippen molar-refractivity contribution in [3.63, 3.8) is 0 Å². The summed E-state index contributed by atoms with van der Waals surface area (Å²) >= 11 is 0. The lowest BCUT2D eigenvalue weighted by atomic mass is 9.73. The number of fused-ring (bicyclic) bond motifs is 1. The number of ether oxygens (including phenoxy) is 2. The average Bonchev–Trinajstić information content (AvgIpc) is 2.46. The quantitative estimate of drug-likeness (QED) is 0.538. The molecule has 21 heavy (non-hydrogen) atoms. The van der Waals surface area contributed by atoms with Crippen molar-refractivity contribution < 1.29 is 17.9 Å². The van der Waals surface area contributed by atoms with Gasteiger partial charge in [0.25, 0.3) is 10.2 Å². The molecule has 2 fully saturated rings. The number of hydrogen-bond donors (Lipinski definition) is 0. The molecule has 0 radical (unpaired) electrons. The molecule has 0 unspecified atom stereocenters. The fourth-order valence-electron chi connectivity index (χ4n) is 3.23. The molecule has 0 amide bonds. The van der Waals surface area contributed by atoms with Gasteiger partial charge in [0, 0.05) is 39.2 Å². The third kappa shape index (κ3) is 3.48. The predicted molar refractivity (Wildman–Crippen MR) is 81.2 cm³/mol. The van der Waals surface area contributed by atoms with Crippen LogP contribution in [0.4, 0.5) is 0 Å². The van der Waals surface area contributed by atoms with Crippen LogP contribution in [0, 0.1) is 5.41 Å². The molecule has 6 nitrogen and oxygen atoms in total. The van der Waals surface area contributed by atoms with Gasteiger partial charge in [-0.2, -0.15) is 17.0 Å². The Bertz CT molecular complexity index is 466. The van der Waals surface area contributed by atoms with Crippen LogP contribution in [0.1, 0.15) is 19.3 Å². The normalized spacial score (nSPS) is 31.1. The van der Waals surface area contributed by atoms with E-state index in [0.29, 0.717) is 26.3 Å². The fourth-order valence-corrected chi connectivity index (χ4v) is 4.45. The van der Waals surface area contributed by atoms with E-state index < -0.39 is 10.2 Å². The minimum absolute atomic E-state index is 0.0877. The Hall–Kier alpha value is -0.470. The first-order valence-corrected chi connectivity index (χ1v) is 8.80. The van der Waals surface area contributed by atoms with Gasteiger partial charge in [-0.05, 0) is 19.3 Å². The minimum Gasteiger partial charge on any atom is -0.377 e. The van der Waals surface area contributed by atoms with Crippen molar-refractivity contribution in [2.45, 2.75) is 25.4 Å². The zero-order valence-corrected chi connectivity index (χ0v) is 13.8. The van der Waals surface area contributed by atoms with Crippen molar-refractivity contribution in [2.75, 3.05) is 47.0 Å². The van der Waals surface area contributed by atoms with Crippen molar-refractivity contribution in [1.82, 2.24) is 8.61 Å². The molecule has 122 valence electrons. The van der Waals surface area contributed by atoms with E-state index in [0.717, 1.165) is 25.9 Å². The first-order chi connectivity index (χ1) is 9.92. The molecule has 0 N–H and O–H groups in total. The molecule has 0 aromatic carbocycles. The van der Waals surface area contributed by atoms with E-state index in [1.165, 1.54) is 4.31 Å². The zero-order valence-electron chi connectivity index (χ0n) is 13.0. The molecule has 2 heterocycles. The number of piperidine rings is 1. The van der Waals surface area contributed by atoms with Crippen LogP contribution in [0.2, 0.25) is 0 Å². The van der Waals surface area contributed by atoms with E-state index >= 15 is 0 Å². The summed E-state index contributed by atoms with van der Waals surface area (Å²) in [5, 5.41) is 0. The summed E-state index contributed by atoms with van der Waals surface area (Å²) in [6, 6.07) is 0. The zero-order chi connectivity index (χ0) is 15.5. The van der Waals surface area contributed by atoms with Gasteiger partial charge in [-0.25, -0.2) is 0 Å². The van der Waals surface area contributed by atoms with E-state index in [9.17, 15) is 8.42 Å². The molecule has 2 rings (SSSR count). The van der Waals surface area contributed by atoms with Crippen LogP contribution in [-0.4, -0.2) is 70.1 Å². The summed E-state index contributed by atoms with van der Waals surface area (Å²) < 4.78 is 39.2. The topological polar surface area (TPSA) is 59.1 Å². The Morgan fingerprint density at radius 3 is 2.95 bits per heavy atom. The average molecular weight is 318 g/mol. The van der Waals surface area contributed by atoms with Crippen LogP contribution >= 0.6 is 0 Å². The van der Waals surface area contributed by atoms with Gasteiger partial charge in [0.15, 0.2) is 0 Å². The maximum atomic E-state index is 12.4. The molecule has 2 aliphatic heterocycles. The van der Waals surface area contributed by atoms with Crippen LogP contribution in [0.25, 0.3) is 0 Å². The highest BCUT2D eigenvalue weighted by atomic mass is 32.2. The molecule has 2 atom stereocenters. The van der Waals surface area contributed by atoms with Gasteiger partial charge in [-0.3, -0.25) is 0 Å². The number of hydrogen-bond acceptors (Lipinski definition) is 4. The van der Waals surface area contributed by atoms with E-state index in [-0.39, 0.29) is 11.5 Å². The Morgan fingerprint density at radius 1 is 1.52 bits per heavy atom. The second-order valence-electron chi connectivity index (χ2n) is 6.04. The Balaban J connectivity index is 2.16. The highest BCUT2D eigenvalue weighted by molar-refractivity contribution is 7.86. The monoisotopic (exact) mass is 318 g/mol. The lowest BCUT2D eigenvalue weighted by Gasteiger charge is -2.50. The van der Waals surface area contributed by atoms with Crippen molar-refractivity contribution in [3.05, 3.63) is 12.7 Å². The molecule has 0 aliphatic carbocycles.